The highest BCUT2D eigenvalue weighted by Gasteiger charge is 2.36. The number of rotatable bonds is 10. The average molecular weight is 512 g/mol. The van der Waals surface area contributed by atoms with Crippen molar-refractivity contribution >= 4 is 40.6 Å². The van der Waals surface area contributed by atoms with Crippen LogP contribution in [0, 0.1) is 0 Å². The first-order valence-electron chi connectivity index (χ1n) is 11.2. The van der Waals surface area contributed by atoms with Crippen molar-refractivity contribution in [1.29, 1.82) is 0 Å². The zero-order valence-electron chi connectivity index (χ0n) is 20.2. The zero-order valence-corrected chi connectivity index (χ0v) is 21.0. The molecule has 36 heavy (non-hydrogen) atoms. The van der Waals surface area contributed by atoms with E-state index in [1.165, 1.54) is 24.1 Å². The van der Waals surface area contributed by atoms with Crippen molar-refractivity contribution in [2.24, 2.45) is 5.73 Å². The maximum absolute atomic E-state index is 13.9. The Kier molecular flexibility index (Phi) is 8.62. The number of nitrogen functional groups attached to an aromatic ring is 1. The number of benzene rings is 2. The second-order valence-electron chi connectivity index (χ2n) is 8.34. The fourth-order valence-electron chi connectivity index (χ4n) is 3.59. The summed E-state index contributed by atoms with van der Waals surface area (Å²) in [5, 5.41) is 12.6. The number of aromatic nitrogens is 1. The molecule has 0 bridgehead atoms. The van der Waals surface area contributed by atoms with Crippen LogP contribution in [0.2, 0.25) is 0 Å². The van der Waals surface area contributed by atoms with E-state index in [1.54, 1.807) is 24.3 Å². The molecule has 1 heterocycles. The van der Waals surface area contributed by atoms with Gasteiger partial charge in [0.15, 0.2) is 5.69 Å². The van der Waals surface area contributed by atoms with E-state index in [9.17, 15) is 19.5 Å². The highest BCUT2D eigenvalue weighted by molar-refractivity contribution is 7.09. The van der Waals surface area contributed by atoms with Gasteiger partial charge in [-0.05, 0) is 52.8 Å². The quantitative estimate of drug-likeness (QED) is 0.304. The smallest absolute Gasteiger partial charge is 0.273 e. The van der Waals surface area contributed by atoms with Gasteiger partial charge in [-0.15, -0.1) is 0 Å². The van der Waals surface area contributed by atoms with Gasteiger partial charge in [0.25, 0.3) is 11.8 Å². The molecule has 0 aliphatic rings. The van der Waals surface area contributed by atoms with Crippen LogP contribution in [0.1, 0.15) is 57.1 Å². The highest BCUT2D eigenvalue weighted by atomic mass is 32.1. The standard InChI is InChI=1S/C25H29N5O5S/c1-14(2)15-4-8-17(9-5-15)30(25(34)22-19(26)20(23(27)32)29-36-22)21(24(33)28-12-13-35-3)16-6-10-18(31)11-7-16/h4-11,14,21,31H,12-13,26H2,1-3H3,(H2,27,32)(H,28,33). The van der Waals surface area contributed by atoms with E-state index in [2.05, 4.69) is 9.69 Å². The lowest BCUT2D eigenvalue weighted by molar-refractivity contribution is -0.122. The molecule has 11 heteroatoms. The summed E-state index contributed by atoms with van der Waals surface area (Å²) in [4.78, 5) is 40.4. The lowest BCUT2D eigenvalue weighted by atomic mass is 10.00. The van der Waals surface area contributed by atoms with Gasteiger partial charge in [-0.25, -0.2) is 0 Å². The van der Waals surface area contributed by atoms with Gasteiger partial charge in [-0.3, -0.25) is 19.3 Å². The summed E-state index contributed by atoms with van der Waals surface area (Å²) in [5.74, 6) is -1.70. The van der Waals surface area contributed by atoms with Gasteiger partial charge in [-0.2, -0.15) is 4.37 Å². The number of methoxy groups -OCH3 is 1. The summed E-state index contributed by atoms with van der Waals surface area (Å²) in [7, 11) is 1.51. The molecule has 0 saturated carbocycles. The first kappa shape index (κ1) is 26.6. The van der Waals surface area contributed by atoms with E-state index in [4.69, 9.17) is 16.2 Å². The van der Waals surface area contributed by atoms with Crippen molar-refractivity contribution in [3.05, 3.63) is 70.2 Å². The SMILES string of the molecule is COCCNC(=O)C(c1ccc(O)cc1)N(C(=O)c1snc(C(N)=O)c1N)c1ccc(C(C)C)cc1. The van der Waals surface area contributed by atoms with Crippen molar-refractivity contribution in [2.75, 3.05) is 30.9 Å². The summed E-state index contributed by atoms with van der Waals surface area (Å²) >= 11 is 0.733. The number of nitrogens with one attached hydrogen (secondary N) is 1. The Morgan fingerprint density at radius 2 is 1.69 bits per heavy atom. The number of ether oxygens (including phenoxy) is 1. The van der Waals surface area contributed by atoms with Crippen LogP contribution in [0.3, 0.4) is 0 Å². The Bertz CT molecular complexity index is 1220. The van der Waals surface area contributed by atoms with Crippen molar-refractivity contribution in [3.8, 4) is 5.75 Å². The number of anilines is 2. The van der Waals surface area contributed by atoms with Crippen LogP contribution in [0.4, 0.5) is 11.4 Å². The Morgan fingerprint density at radius 3 is 2.22 bits per heavy atom. The average Bonchev–Trinajstić information content (AvgIpc) is 3.24. The van der Waals surface area contributed by atoms with Crippen molar-refractivity contribution in [3.63, 3.8) is 0 Å². The van der Waals surface area contributed by atoms with Crippen LogP contribution >= 0.6 is 11.5 Å². The van der Waals surface area contributed by atoms with Crippen LogP contribution in [0.5, 0.6) is 5.75 Å². The number of nitrogens with two attached hydrogens (primary N) is 2. The second kappa shape index (κ2) is 11.6. The van der Waals surface area contributed by atoms with Gasteiger partial charge in [0.2, 0.25) is 5.91 Å². The van der Waals surface area contributed by atoms with Gasteiger partial charge in [0.05, 0.1) is 12.3 Å². The molecular weight excluding hydrogens is 482 g/mol. The molecule has 3 aromatic rings. The number of aromatic hydroxyl groups is 1. The number of hydrogen-bond donors (Lipinski definition) is 4. The molecule has 0 fully saturated rings. The fourth-order valence-corrected chi connectivity index (χ4v) is 4.33. The first-order valence-corrected chi connectivity index (χ1v) is 12.0. The number of phenolic OH excluding ortho intramolecular Hbond substituents is 1. The monoisotopic (exact) mass is 511 g/mol. The van der Waals surface area contributed by atoms with Crippen molar-refractivity contribution in [2.45, 2.75) is 25.8 Å². The molecule has 190 valence electrons. The Labute approximate surface area is 213 Å². The van der Waals surface area contributed by atoms with E-state index < -0.39 is 23.8 Å². The number of nitrogens with zero attached hydrogens (tertiary/aromatic N) is 2. The minimum absolute atomic E-state index is 0.00857. The third-order valence-corrected chi connectivity index (χ3v) is 6.38. The number of phenols is 1. The van der Waals surface area contributed by atoms with Crippen LogP contribution in [-0.4, -0.2) is 47.5 Å². The van der Waals surface area contributed by atoms with E-state index in [0.717, 1.165) is 17.1 Å². The van der Waals surface area contributed by atoms with Crippen molar-refractivity contribution < 1.29 is 24.2 Å². The summed E-state index contributed by atoms with van der Waals surface area (Å²) < 4.78 is 8.98. The molecule has 1 unspecified atom stereocenters. The predicted octanol–water partition coefficient (Wildman–Crippen LogP) is 2.80. The van der Waals surface area contributed by atoms with Gasteiger partial charge in [0, 0.05) is 19.3 Å². The molecule has 0 spiro atoms. The summed E-state index contributed by atoms with van der Waals surface area (Å²) in [5.41, 5.74) is 13.0. The summed E-state index contributed by atoms with van der Waals surface area (Å²) in [6.45, 7) is 4.58. The number of hydrogen-bond acceptors (Lipinski definition) is 8. The Hall–Kier alpha value is -3.96. The summed E-state index contributed by atoms with van der Waals surface area (Å²) in [6, 6.07) is 12.1. The minimum atomic E-state index is -1.14. The van der Waals surface area contributed by atoms with Crippen LogP contribution in [0.15, 0.2) is 48.5 Å². The second-order valence-corrected chi connectivity index (χ2v) is 9.11. The van der Waals surface area contributed by atoms with Crippen LogP contribution in [0.25, 0.3) is 0 Å². The molecule has 10 nitrogen and oxygen atoms in total. The maximum Gasteiger partial charge on any atom is 0.273 e. The van der Waals surface area contributed by atoms with E-state index in [-0.39, 0.29) is 41.1 Å². The topological polar surface area (TPSA) is 161 Å². The molecule has 1 aromatic heterocycles. The molecule has 0 aliphatic heterocycles. The van der Waals surface area contributed by atoms with Gasteiger partial charge in [-0.1, -0.05) is 38.1 Å². The number of carbonyl (C=O) groups is 3. The molecule has 0 aliphatic carbocycles. The van der Waals surface area contributed by atoms with E-state index in [0.29, 0.717) is 11.3 Å². The third kappa shape index (κ3) is 5.81. The fraction of sp³-hybridized carbons (Fsp3) is 0.280. The third-order valence-electron chi connectivity index (χ3n) is 5.53. The lowest BCUT2D eigenvalue weighted by Crippen LogP contribution is -2.44. The number of primary amides is 1. The molecule has 2 aromatic carbocycles. The van der Waals surface area contributed by atoms with Gasteiger partial charge < -0.3 is 26.6 Å². The normalized spacial score (nSPS) is 11.8. The first-order chi connectivity index (χ1) is 17.1. The predicted molar refractivity (Wildman–Crippen MR) is 138 cm³/mol. The largest absolute Gasteiger partial charge is 0.508 e. The summed E-state index contributed by atoms with van der Waals surface area (Å²) in [6.07, 6.45) is 0. The van der Waals surface area contributed by atoms with Crippen LogP contribution < -0.4 is 21.7 Å². The van der Waals surface area contributed by atoms with Crippen molar-refractivity contribution in [1.82, 2.24) is 9.69 Å². The molecular formula is C25H29N5O5S. The van der Waals surface area contributed by atoms with E-state index in [1.807, 2.05) is 26.0 Å². The molecule has 0 saturated heterocycles. The van der Waals surface area contributed by atoms with Gasteiger partial charge >= 0.3 is 0 Å². The number of amides is 3. The minimum Gasteiger partial charge on any atom is -0.508 e. The molecule has 6 N–H and O–H groups in total. The maximum atomic E-state index is 13.9. The Morgan fingerprint density at radius 1 is 1.08 bits per heavy atom. The van der Waals surface area contributed by atoms with E-state index >= 15 is 0 Å². The number of carbonyl (C=O) groups excluding carboxylic acids is 3. The molecule has 1 atom stereocenters. The zero-order chi connectivity index (χ0) is 26.4. The lowest BCUT2D eigenvalue weighted by Gasteiger charge is -2.31. The highest BCUT2D eigenvalue weighted by Crippen LogP contribution is 2.34. The Balaban J connectivity index is 2.18. The van der Waals surface area contributed by atoms with Gasteiger partial charge in [0.1, 0.15) is 16.7 Å². The molecule has 3 rings (SSSR count). The van der Waals surface area contributed by atoms with Crippen LogP contribution in [-0.2, 0) is 9.53 Å². The molecule has 3 amide bonds. The molecule has 0 radical (unpaired) electrons.